The lowest BCUT2D eigenvalue weighted by atomic mass is 9.85. The molecule has 0 aliphatic rings. The van der Waals surface area contributed by atoms with Crippen molar-refractivity contribution < 1.29 is 4.74 Å². The Labute approximate surface area is 136 Å². The van der Waals surface area contributed by atoms with Crippen molar-refractivity contribution in [1.82, 2.24) is 0 Å². The summed E-state index contributed by atoms with van der Waals surface area (Å²) in [7, 11) is 1.65. The molecular formula is C20H17ClO. The molecular weight excluding hydrogens is 292 g/mol. The van der Waals surface area contributed by atoms with Crippen LogP contribution in [0.25, 0.3) is 0 Å². The van der Waals surface area contributed by atoms with Gasteiger partial charge in [-0.05, 0) is 28.8 Å². The van der Waals surface area contributed by atoms with E-state index in [1.165, 1.54) is 11.1 Å². The first-order valence-electron chi connectivity index (χ1n) is 7.23. The van der Waals surface area contributed by atoms with Gasteiger partial charge in [-0.1, -0.05) is 78.3 Å². The zero-order valence-electron chi connectivity index (χ0n) is 12.4. The Morgan fingerprint density at radius 1 is 0.773 bits per heavy atom. The molecule has 0 bridgehead atoms. The Bertz CT molecular complexity index is 699. The van der Waals surface area contributed by atoms with Crippen molar-refractivity contribution >= 4 is 11.6 Å². The Morgan fingerprint density at radius 3 is 1.77 bits per heavy atom. The van der Waals surface area contributed by atoms with Crippen LogP contribution >= 0.6 is 11.6 Å². The zero-order chi connectivity index (χ0) is 15.4. The van der Waals surface area contributed by atoms with Crippen LogP contribution in [0.15, 0.2) is 78.9 Å². The van der Waals surface area contributed by atoms with Gasteiger partial charge in [0.15, 0.2) is 0 Å². The van der Waals surface area contributed by atoms with Crippen molar-refractivity contribution in [2.45, 2.75) is 5.92 Å². The predicted octanol–water partition coefficient (Wildman–Crippen LogP) is 5.53. The molecule has 2 heteroatoms. The van der Waals surface area contributed by atoms with Crippen molar-refractivity contribution in [1.29, 1.82) is 0 Å². The number of halogens is 1. The van der Waals surface area contributed by atoms with E-state index in [4.69, 9.17) is 16.3 Å². The molecule has 3 aromatic carbocycles. The molecule has 0 fully saturated rings. The molecule has 0 aliphatic heterocycles. The van der Waals surface area contributed by atoms with Gasteiger partial charge in [0.1, 0.15) is 5.75 Å². The number of methoxy groups -OCH3 is 1. The molecule has 1 nitrogen and oxygen atoms in total. The number of hydrogen-bond donors (Lipinski definition) is 0. The normalized spacial score (nSPS) is 10.7. The monoisotopic (exact) mass is 308 g/mol. The average Bonchev–Trinajstić information content (AvgIpc) is 2.58. The van der Waals surface area contributed by atoms with Crippen LogP contribution in [0.4, 0.5) is 0 Å². The molecule has 0 N–H and O–H groups in total. The second-order valence-corrected chi connectivity index (χ2v) is 5.55. The lowest BCUT2D eigenvalue weighted by Gasteiger charge is -2.20. The third kappa shape index (κ3) is 3.00. The summed E-state index contributed by atoms with van der Waals surface area (Å²) in [6, 6.07) is 26.7. The molecule has 0 aromatic heterocycles. The van der Waals surface area contributed by atoms with Gasteiger partial charge in [-0.15, -0.1) is 0 Å². The number of rotatable bonds is 4. The van der Waals surface area contributed by atoms with E-state index in [0.717, 1.165) is 16.3 Å². The summed E-state index contributed by atoms with van der Waals surface area (Å²) >= 11 is 6.52. The van der Waals surface area contributed by atoms with Crippen molar-refractivity contribution in [3.05, 3.63) is 101 Å². The van der Waals surface area contributed by atoms with E-state index in [-0.39, 0.29) is 5.92 Å². The smallest absolute Gasteiger partial charge is 0.120 e. The van der Waals surface area contributed by atoms with Gasteiger partial charge in [0, 0.05) is 10.9 Å². The van der Waals surface area contributed by atoms with Gasteiger partial charge in [-0.2, -0.15) is 0 Å². The minimum atomic E-state index is 0.112. The first kappa shape index (κ1) is 14.7. The molecule has 22 heavy (non-hydrogen) atoms. The van der Waals surface area contributed by atoms with E-state index in [9.17, 15) is 0 Å². The summed E-state index contributed by atoms with van der Waals surface area (Å²) in [4.78, 5) is 0. The number of benzene rings is 3. The minimum absolute atomic E-state index is 0.112. The molecule has 0 saturated carbocycles. The molecule has 0 heterocycles. The van der Waals surface area contributed by atoms with Gasteiger partial charge in [-0.3, -0.25) is 0 Å². The van der Waals surface area contributed by atoms with E-state index >= 15 is 0 Å². The van der Waals surface area contributed by atoms with Gasteiger partial charge < -0.3 is 4.74 Å². The molecule has 3 rings (SSSR count). The van der Waals surface area contributed by atoms with Crippen LogP contribution in [0.1, 0.15) is 22.6 Å². The Hall–Kier alpha value is -2.25. The van der Waals surface area contributed by atoms with Gasteiger partial charge >= 0.3 is 0 Å². The summed E-state index contributed by atoms with van der Waals surface area (Å²) < 4.78 is 5.26. The summed E-state index contributed by atoms with van der Waals surface area (Å²) in [6.07, 6.45) is 0. The SMILES string of the molecule is COc1ccc(C(c2ccccc2)c2ccccc2)c(Cl)c1. The third-order valence-corrected chi connectivity index (χ3v) is 4.11. The highest BCUT2D eigenvalue weighted by Gasteiger charge is 2.19. The van der Waals surface area contributed by atoms with E-state index < -0.39 is 0 Å². The molecule has 110 valence electrons. The fraction of sp³-hybridized carbons (Fsp3) is 0.100. The summed E-state index contributed by atoms with van der Waals surface area (Å²) in [5.41, 5.74) is 3.53. The first-order valence-corrected chi connectivity index (χ1v) is 7.60. The van der Waals surface area contributed by atoms with Crippen molar-refractivity contribution in [3.63, 3.8) is 0 Å². The van der Waals surface area contributed by atoms with Crippen LogP contribution in [0.5, 0.6) is 5.75 Å². The minimum Gasteiger partial charge on any atom is -0.497 e. The molecule has 0 spiro atoms. The Kier molecular flexibility index (Phi) is 4.45. The van der Waals surface area contributed by atoms with Crippen LogP contribution in [-0.4, -0.2) is 7.11 Å². The molecule has 0 saturated heterocycles. The van der Waals surface area contributed by atoms with Crippen LogP contribution in [0.3, 0.4) is 0 Å². The molecule has 0 amide bonds. The first-order chi connectivity index (χ1) is 10.8. The maximum atomic E-state index is 6.52. The lowest BCUT2D eigenvalue weighted by molar-refractivity contribution is 0.414. The number of hydrogen-bond acceptors (Lipinski definition) is 1. The molecule has 0 aliphatic carbocycles. The summed E-state index contributed by atoms with van der Waals surface area (Å²) in [5, 5.41) is 0.719. The van der Waals surface area contributed by atoms with Crippen molar-refractivity contribution in [2.75, 3.05) is 7.11 Å². The Morgan fingerprint density at radius 2 is 1.32 bits per heavy atom. The van der Waals surface area contributed by atoms with E-state index in [1.807, 2.05) is 30.3 Å². The van der Waals surface area contributed by atoms with Crippen molar-refractivity contribution in [2.24, 2.45) is 0 Å². The highest BCUT2D eigenvalue weighted by molar-refractivity contribution is 6.31. The highest BCUT2D eigenvalue weighted by Crippen LogP contribution is 2.37. The lowest BCUT2D eigenvalue weighted by Crippen LogP contribution is -2.04. The van der Waals surface area contributed by atoms with Crippen LogP contribution < -0.4 is 4.74 Å². The molecule has 3 aromatic rings. The summed E-state index contributed by atoms with van der Waals surface area (Å²) in [5.74, 6) is 0.884. The van der Waals surface area contributed by atoms with E-state index in [2.05, 4.69) is 48.5 Å². The van der Waals surface area contributed by atoms with Gasteiger partial charge in [-0.25, -0.2) is 0 Å². The standard InChI is InChI=1S/C20H17ClO/c1-22-17-12-13-18(19(21)14-17)20(15-8-4-2-5-9-15)16-10-6-3-7-11-16/h2-14,20H,1H3. The van der Waals surface area contributed by atoms with Crippen LogP contribution in [-0.2, 0) is 0 Å². The van der Waals surface area contributed by atoms with Gasteiger partial charge in [0.2, 0.25) is 0 Å². The quantitative estimate of drug-likeness (QED) is 0.576. The predicted molar refractivity (Wildman–Crippen MR) is 91.8 cm³/mol. The second-order valence-electron chi connectivity index (χ2n) is 5.14. The highest BCUT2D eigenvalue weighted by atomic mass is 35.5. The third-order valence-electron chi connectivity index (χ3n) is 3.78. The molecule has 0 unspecified atom stereocenters. The topological polar surface area (TPSA) is 9.23 Å². The second kappa shape index (κ2) is 6.67. The number of ether oxygens (including phenoxy) is 1. The largest absolute Gasteiger partial charge is 0.497 e. The maximum Gasteiger partial charge on any atom is 0.120 e. The van der Waals surface area contributed by atoms with Gasteiger partial charge in [0.25, 0.3) is 0 Å². The fourth-order valence-corrected chi connectivity index (χ4v) is 2.99. The summed E-state index contributed by atoms with van der Waals surface area (Å²) in [6.45, 7) is 0. The van der Waals surface area contributed by atoms with Crippen LogP contribution in [0.2, 0.25) is 5.02 Å². The van der Waals surface area contributed by atoms with Gasteiger partial charge in [0.05, 0.1) is 7.11 Å². The zero-order valence-corrected chi connectivity index (χ0v) is 13.1. The maximum absolute atomic E-state index is 6.52. The van der Waals surface area contributed by atoms with Crippen molar-refractivity contribution in [3.8, 4) is 5.75 Å². The molecule has 0 radical (unpaired) electrons. The van der Waals surface area contributed by atoms with E-state index in [1.54, 1.807) is 7.11 Å². The van der Waals surface area contributed by atoms with E-state index in [0.29, 0.717) is 0 Å². The average molecular weight is 309 g/mol. The van der Waals surface area contributed by atoms with Crippen LogP contribution in [0, 0.1) is 0 Å². The molecule has 0 atom stereocenters. The fourth-order valence-electron chi connectivity index (χ4n) is 2.71. The Balaban J connectivity index is 2.14.